The normalized spacial score (nSPS) is 12.7. The van der Waals surface area contributed by atoms with Crippen molar-refractivity contribution in [3.8, 4) is 0 Å². The van der Waals surface area contributed by atoms with E-state index in [2.05, 4.69) is 17.6 Å². The van der Waals surface area contributed by atoms with Crippen molar-refractivity contribution in [1.29, 1.82) is 0 Å². The second-order valence-corrected chi connectivity index (χ2v) is 11.3. The number of ether oxygens (including phenoxy) is 2. The Hall–Kier alpha value is -3.10. The molecule has 1 aromatic rings. The molecule has 2 unspecified atom stereocenters. The number of nitrogens with zero attached hydrogens (tertiary/aromatic N) is 1. The molecule has 226 valence electrons. The van der Waals surface area contributed by atoms with E-state index in [1.54, 1.807) is 39.5 Å². The van der Waals surface area contributed by atoms with Crippen LogP contribution >= 0.6 is 0 Å². The third kappa shape index (κ3) is 12.8. The lowest BCUT2D eigenvalue weighted by molar-refractivity contribution is -0.144. The first kappa shape index (κ1) is 34.9. The van der Waals surface area contributed by atoms with E-state index in [0.717, 1.165) is 43.2 Å². The third-order valence-electron chi connectivity index (χ3n) is 6.35. The van der Waals surface area contributed by atoms with Crippen molar-refractivity contribution in [3.05, 3.63) is 34.9 Å². The summed E-state index contributed by atoms with van der Waals surface area (Å²) in [6.45, 7) is 15.3. The zero-order chi connectivity index (χ0) is 30.3. The number of hydrogen-bond donors (Lipinski definition) is 2. The smallest absolute Gasteiger partial charge is 0.408 e. The fraction of sp³-hybridized carbons (Fsp3) is 0.677. The molecule has 0 saturated heterocycles. The molecule has 0 spiro atoms. The fourth-order valence-electron chi connectivity index (χ4n) is 4.42. The number of rotatable bonds is 16. The second kappa shape index (κ2) is 17.6. The minimum Gasteiger partial charge on any atom is -0.466 e. The molecule has 1 aromatic carbocycles. The Bertz CT molecular complexity index is 972. The predicted octanol–water partition coefficient (Wildman–Crippen LogP) is 5.52. The standard InChI is InChI=1S/C31H51N3O6/c1-9-11-12-13-14-15-20-34(29(37)24(5)33-30(38)40-31(6,7)8)27(25-17-16-22(3)21-23(25)4)28(36)32-19-18-26(35)39-10-2/h16-17,21,24,27H,9-15,18-20H2,1-8H3,(H,32,36)(H,33,38). The largest absolute Gasteiger partial charge is 0.466 e. The van der Waals surface area contributed by atoms with E-state index >= 15 is 0 Å². The van der Waals surface area contributed by atoms with Crippen molar-refractivity contribution >= 4 is 23.9 Å². The number of carbonyl (C=O) groups excluding carboxylic acids is 4. The molecule has 0 saturated carbocycles. The maximum Gasteiger partial charge on any atom is 0.408 e. The van der Waals surface area contributed by atoms with Crippen molar-refractivity contribution in [2.45, 2.75) is 118 Å². The van der Waals surface area contributed by atoms with Gasteiger partial charge >= 0.3 is 12.1 Å². The molecule has 0 heterocycles. The van der Waals surface area contributed by atoms with E-state index in [4.69, 9.17) is 9.47 Å². The summed E-state index contributed by atoms with van der Waals surface area (Å²) in [5, 5.41) is 5.46. The number of hydrogen-bond acceptors (Lipinski definition) is 6. The van der Waals surface area contributed by atoms with Gasteiger partial charge in [-0.15, -0.1) is 0 Å². The van der Waals surface area contributed by atoms with Gasteiger partial charge in [0.05, 0.1) is 13.0 Å². The zero-order valence-electron chi connectivity index (χ0n) is 25.9. The molecule has 0 aliphatic rings. The van der Waals surface area contributed by atoms with E-state index < -0.39 is 29.7 Å². The van der Waals surface area contributed by atoms with E-state index in [1.165, 1.54) is 0 Å². The lowest BCUT2D eigenvalue weighted by atomic mass is 9.96. The highest BCUT2D eigenvalue weighted by Crippen LogP contribution is 2.27. The predicted molar refractivity (Wildman–Crippen MR) is 157 cm³/mol. The van der Waals surface area contributed by atoms with Gasteiger partial charge in [0.15, 0.2) is 0 Å². The van der Waals surface area contributed by atoms with Crippen LogP contribution in [0.3, 0.4) is 0 Å². The monoisotopic (exact) mass is 561 g/mol. The van der Waals surface area contributed by atoms with Crippen LogP contribution in [0.2, 0.25) is 0 Å². The number of aryl methyl sites for hydroxylation is 2. The summed E-state index contributed by atoms with van der Waals surface area (Å²) < 4.78 is 10.3. The van der Waals surface area contributed by atoms with Gasteiger partial charge in [0, 0.05) is 13.1 Å². The fourth-order valence-corrected chi connectivity index (χ4v) is 4.42. The number of unbranched alkanes of at least 4 members (excludes halogenated alkanes) is 5. The Labute approximate surface area is 240 Å². The number of carbonyl (C=O) groups is 4. The summed E-state index contributed by atoms with van der Waals surface area (Å²) in [7, 11) is 0. The Kier molecular flexibility index (Phi) is 15.3. The molecular weight excluding hydrogens is 510 g/mol. The van der Waals surface area contributed by atoms with Crippen LogP contribution in [0.4, 0.5) is 4.79 Å². The number of amides is 3. The van der Waals surface area contributed by atoms with E-state index in [-0.39, 0.29) is 31.4 Å². The Morgan fingerprint density at radius 1 is 0.975 bits per heavy atom. The summed E-state index contributed by atoms with van der Waals surface area (Å²) >= 11 is 0. The van der Waals surface area contributed by atoms with Crippen molar-refractivity contribution < 1.29 is 28.7 Å². The van der Waals surface area contributed by atoms with Gasteiger partial charge in [-0.2, -0.15) is 0 Å². The van der Waals surface area contributed by atoms with Crippen LogP contribution in [-0.4, -0.2) is 60.1 Å². The van der Waals surface area contributed by atoms with Crippen LogP contribution in [0.5, 0.6) is 0 Å². The molecule has 2 atom stereocenters. The number of nitrogens with one attached hydrogen (secondary N) is 2. The van der Waals surface area contributed by atoms with Crippen LogP contribution in [0.25, 0.3) is 0 Å². The van der Waals surface area contributed by atoms with Gasteiger partial charge in [-0.05, 0) is 66.0 Å². The van der Waals surface area contributed by atoms with Crippen LogP contribution < -0.4 is 10.6 Å². The molecular formula is C31H51N3O6. The van der Waals surface area contributed by atoms with Crippen molar-refractivity contribution in [3.63, 3.8) is 0 Å². The highest BCUT2D eigenvalue weighted by atomic mass is 16.6. The Morgan fingerprint density at radius 3 is 2.23 bits per heavy atom. The lowest BCUT2D eigenvalue weighted by Crippen LogP contribution is -2.52. The zero-order valence-corrected chi connectivity index (χ0v) is 25.9. The maximum absolute atomic E-state index is 13.9. The van der Waals surface area contributed by atoms with Crippen LogP contribution in [0, 0.1) is 13.8 Å². The number of alkyl carbamates (subject to hydrolysis) is 1. The minimum atomic E-state index is -0.936. The average molecular weight is 562 g/mol. The van der Waals surface area contributed by atoms with Gasteiger partial charge in [0.2, 0.25) is 11.8 Å². The van der Waals surface area contributed by atoms with Crippen LogP contribution in [0.15, 0.2) is 18.2 Å². The van der Waals surface area contributed by atoms with Gasteiger partial charge in [0.25, 0.3) is 0 Å². The second-order valence-electron chi connectivity index (χ2n) is 11.3. The van der Waals surface area contributed by atoms with Crippen molar-refractivity contribution in [2.75, 3.05) is 19.7 Å². The minimum absolute atomic E-state index is 0.0289. The van der Waals surface area contributed by atoms with E-state index in [0.29, 0.717) is 18.5 Å². The number of benzene rings is 1. The Morgan fingerprint density at radius 2 is 1.62 bits per heavy atom. The molecule has 40 heavy (non-hydrogen) atoms. The maximum atomic E-state index is 13.9. The summed E-state index contributed by atoms with van der Waals surface area (Å²) in [6, 6.07) is 3.90. The summed E-state index contributed by atoms with van der Waals surface area (Å²) in [4.78, 5) is 53.4. The quantitative estimate of drug-likeness (QED) is 0.203. The van der Waals surface area contributed by atoms with E-state index in [1.807, 2.05) is 32.0 Å². The van der Waals surface area contributed by atoms with Gasteiger partial charge in [0.1, 0.15) is 17.7 Å². The van der Waals surface area contributed by atoms with Gasteiger partial charge in [-0.25, -0.2) is 4.79 Å². The molecule has 0 aliphatic heterocycles. The lowest BCUT2D eigenvalue weighted by Gasteiger charge is -2.34. The molecule has 0 aromatic heterocycles. The molecule has 0 aliphatic carbocycles. The molecule has 0 bridgehead atoms. The van der Waals surface area contributed by atoms with Gasteiger partial charge < -0.3 is 25.0 Å². The van der Waals surface area contributed by atoms with Gasteiger partial charge in [-0.1, -0.05) is 62.8 Å². The van der Waals surface area contributed by atoms with Crippen molar-refractivity contribution in [2.24, 2.45) is 0 Å². The topological polar surface area (TPSA) is 114 Å². The molecule has 0 fully saturated rings. The average Bonchev–Trinajstić information content (AvgIpc) is 2.84. The SMILES string of the molecule is CCCCCCCCN(C(=O)C(C)NC(=O)OC(C)(C)C)C(C(=O)NCCC(=O)OCC)c1ccc(C)cc1C. The van der Waals surface area contributed by atoms with Crippen molar-refractivity contribution in [1.82, 2.24) is 15.5 Å². The summed E-state index contributed by atoms with van der Waals surface area (Å²) in [5.41, 5.74) is 1.89. The summed E-state index contributed by atoms with van der Waals surface area (Å²) in [5.74, 6) is -1.17. The van der Waals surface area contributed by atoms with Gasteiger partial charge in [-0.3, -0.25) is 14.4 Å². The third-order valence-corrected chi connectivity index (χ3v) is 6.35. The molecule has 0 radical (unpaired) electrons. The first-order valence-electron chi connectivity index (χ1n) is 14.6. The van der Waals surface area contributed by atoms with Crippen LogP contribution in [0.1, 0.15) is 109 Å². The number of esters is 1. The highest BCUT2D eigenvalue weighted by Gasteiger charge is 2.35. The molecule has 9 nitrogen and oxygen atoms in total. The molecule has 2 N–H and O–H groups in total. The molecule has 3 amide bonds. The first-order chi connectivity index (χ1) is 18.8. The first-order valence-corrected chi connectivity index (χ1v) is 14.6. The Balaban J connectivity index is 3.31. The van der Waals surface area contributed by atoms with Crippen LogP contribution in [-0.2, 0) is 23.9 Å². The molecule has 1 rings (SSSR count). The van der Waals surface area contributed by atoms with E-state index in [9.17, 15) is 19.2 Å². The highest BCUT2D eigenvalue weighted by molar-refractivity contribution is 5.92. The molecule has 9 heteroatoms. The summed E-state index contributed by atoms with van der Waals surface area (Å²) in [6.07, 6.45) is 5.42.